The molecule has 3 rings (SSSR count). The minimum atomic E-state index is -5.10. The van der Waals surface area contributed by atoms with Gasteiger partial charge in [0.2, 0.25) is 0 Å². The lowest BCUT2D eigenvalue weighted by molar-refractivity contribution is -0.145. The van der Waals surface area contributed by atoms with Crippen molar-refractivity contribution in [1.29, 1.82) is 0 Å². The van der Waals surface area contributed by atoms with Crippen LogP contribution in [0.25, 0.3) is 0 Å². The Morgan fingerprint density at radius 3 is 1.87 bits per heavy atom. The van der Waals surface area contributed by atoms with Gasteiger partial charge in [0.05, 0.1) is 41.8 Å². The van der Waals surface area contributed by atoms with Gasteiger partial charge in [0.25, 0.3) is 0 Å². The quantitative estimate of drug-likeness (QED) is 0.286. The SMILES string of the molecule is CC[C@H]1CN([C@@H](C(=O)OC)c2cc(C(F)(F)F)cc(C(F)(F)F)c2)c2cc(C)c(C)cc2N1C(=O)OC(C)C. The highest BCUT2D eigenvalue weighted by Gasteiger charge is 2.43. The molecule has 1 aliphatic rings. The van der Waals surface area contributed by atoms with E-state index in [-0.39, 0.29) is 18.3 Å². The van der Waals surface area contributed by atoms with Crippen LogP contribution in [-0.4, -0.2) is 37.9 Å². The van der Waals surface area contributed by atoms with Gasteiger partial charge in [-0.1, -0.05) is 6.92 Å². The van der Waals surface area contributed by atoms with E-state index in [1.165, 1.54) is 9.80 Å². The lowest BCUT2D eigenvalue weighted by Crippen LogP contribution is -2.54. The highest BCUT2D eigenvalue weighted by atomic mass is 19.4. The third-order valence-corrected chi connectivity index (χ3v) is 6.60. The Labute approximate surface area is 222 Å². The summed E-state index contributed by atoms with van der Waals surface area (Å²) in [4.78, 5) is 29.1. The first-order chi connectivity index (χ1) is 18.0. The number of methoxy groups -OCH3 is 1. The minimum Gasteiger partial charge on any atom is -0.467 e. The van der Waals surface area contributed by atoms with Crippen LogP contribution in [0.5, 0.6) is 0 Å². The molecule has 12 heteroatoms. The predicted molar refractivity (Wildman–Crippen MR) is 133 cm³/mol. The largest absolute Gasteiger partial charge is 0.467 e. The molecule has 2 aromatic carbocycles. The number of amides is 1. The number of alkyl halides is 6. The third-order valence-electron chi connectivity index (χ3n) is 6.60. The summed E-state index contributed by atoms with van der Waals surface area (Å²) in [6, 6.07) is 2.09. The molecule has 39 heavy (non-hydrogen) atoms. The molecule has 0 aliphatic carbocycles. The number of ether oxygens (including phenoxy) is 2. The van der Waals surface area contributed by atoms with Crippen LogP contribution in [0.15, 0.2) is 30.3 Å². The van der Waals surface area contributed by atoms with Crippen molar-refractivity contribution >= 4 is 23.4 Å². The van der Waals surface area contributed by atoms with Gasteiger partial charge in [-0.3, -0.25) is 4.90 Å². The Kier molecular flexibility index (Phi) is 8.47. The van der Waals surface area contributed by atoms with E-state index in [9.17, 15) is 35.9 Å². The molecule has 0 fully saturated rings. The van der Waals surface area contributed by atoms with E-state index < -0.39 is 59.3 Å². The van der Waals surface area contributed by atoms with Gasteiger partial charge in [-0.15, -0.1) is 0 Å². The normalized spacial score (nSPS) is 16.7. The zero-order valence-corrected chi connectivity index (χ0v) is 22.3. The summed E-state index contributed by atoms with van der Waals surface area (Å²) in [5.74, 6) is -1.06. The molecule has 0 bridgehead atoms. The molecule has 1 amide bonds. The maximum absolute atomic E-state index is 13.7. The Bertz CT molecular complexity index is 1210. The maximum atomic E-state index is 13.7. The molecule has 0 aromatic heterocycles. The summed E-state index contributed by atoms with van der Waals surface area (Å²) < 4.78 is 92.3. The van der Waals surface area contributed by atoms with Crippen LogP contribution < -0.4 is 9.80 Å². The van der Waals surface area contributed by atoms with Crippen LogP contribution in [-0.2, 0) is 26.6 Å². The van der Waals surface area contributed by atoms with Crippen LogP contribution in [0.2, 0.25) is 0 Å². The number of esters is 1. The van der Waals surface area contributed by atoms with Crippen molar-refractivity contribution in [1.82, 2.24) is 0 Å². The lowest BCUT2D eigenvalue weighted by Gasteiger charge is -2.45. The van der Waals surface area contributed by atoms with Gasteiger partial charge in [-0.2, -0.15) is 26.3 Å². The first-order valence-corrected chi connectivity index (χ1v) is 12.2. The van der Waals surface area contributed by atoms with Crippen molar-refractivity contribution in [2.45, 2.75) is 71.6 Å². The molecule has 2 atom stereocenters. The number of carbonyl (C=O) groups excluding carboxylic acids is 2. The zero-order chi connectivity index (χ0) is 29.4. The second kappa shape index (κ2) is 11.0. The zero-order valence-electron chi connectivity index (χ0n) is 22.3. The summed E-state index contributed by atoms with van der Waals surface area (Å²) in [5.41, 5.74) is -1.54. The molecular weight excluding hydrogens is 530 g/mol. The van der Waals surface area contributed by atoms with Crippen LogP contribution >= 0.6 is 0 Å². The van der Waals surface area contributed by atoms with E-state index in [2.05, 4.69) is 0 Å². The fraction of sp³-hybridized carbons (Fsp3) is 0.481. The number of carbonyl (C=O) groups is 2. The molecule has 2 aromatic rings. The van der Waals surface area contributed by atoms with E-state index in [0.717, 1.165) is 18.2 Å². The van der Waals surface area contributed by atoms with E-state index in [1.54, 1.807) is 46.8 Å². The minimum absolute atomic E-state index is 0.00794. The van der Waals surface area contributed by atoms with Crippen molar-refractivity contribution in [3.8, 4) is 0 Å². The highest BCUT2D eigenvalue weighted by Crippen LogP contribution is 2.45. The number of halogens is 6. The summed E-state index contributed by atoms with van der Waals surface area (Å²) in [7, 11) is 1.00. The molecule has 1 heterocycles. The number of aryl methyl sites for hydroxylation is 2. The Morgan fingerprint density at radius 2 is 1.44 bits per heavy atom. The predicted octanol–water partition coefficient (Wildman–Crippen LogP) is 7.21. The van der Waals surface area contributed by atoms with Gasteiger partial charge < -0.3 is 14.4 Å². The molecule has 0 spiro atoms. The van der Waals surface area contributed by atoms with Crippen molar-refractivity contribution in [3.63, 3.8) is 0 Å². The Balaban J connectivity index is 2.31. The lowest BCUT2D eigenvalue weighted by atomic mass is 9.94. The second-order valence-electron chi connectivity index (χ2n) is 9.71. The summed E-state index contributed by atoms with van der Waals surface area (Å²) in [5, 5.41) is 0. The monoisotopic (exact) mass is 560 g/mol. The molecule has 0 unspecified atom stereocenters. The molecule has 1 aliphatic heterocycles. The molecule has 214 valence electrons. The average Bonchev–Trinajstić information content (AvgIpc) is 2.82. The Morgan fingerprint density at radius 1 is 0.923 bits per heavy atom. The van der Waals surface area contributed by atoms with Crippen LogP contribution in [0.4, 0.5) is 42.5 Å². The summed E-state index contributed by atoms with van der Waals surface area (Å²) >= 11 is 0. The van der Waals surface area contributed by atoms with Crippen molar-refractivity contribution in [2.24, 2.45) is 0 Å². The molecular formula is C27H30F6N2O4. The summed E-state index contributed by atoms with van der Waals surface area (Å²) in [6.45, 7) is 8.59. The van der Waals surface area contributed by atoms with E-state index >= 15 is 0 Å². The molecule has 0 N–H and O–H groups in total. The van der Waals surface area contributed by atoms with Crippen molar-refractivity contribution in [2.75, 3.05) is 23.5 Å². The van der Waals surface area contributed by atoms with E-state index in [1.807, 2.05) is 0 Å². The van der Waals surface area contributed by atoms with Crippen LogP contribution in [0.3, 0.4) is 0 Å². The van der Waals surface area contributed by atoms with E-state index in [0.29, 0.717) is 24.2 Å². The molecule has 0 radical (unpaired) electrons. The first kappa shape index (κ1) is 30.1. The number of hydrogen-bond acceptors (Lipinski definition) is 5. The Hall–Kier alpha value is -3.44. The number of anilines is 2. The third kappa shape index (κ3) is 6.25. The van der Waals surface area contributed by atoms with E-state index in [4.69, 9.17) is 9.47 Å². The van der Waals surface area contributed by atoms with Crippen molar-refractivity contribution < 1.29 is 45.4 Å². The highest BCUT2D eigenvalue weighted by molar-refractivity contribution is 5.96. The summed E-state index contributed by atoms with van der Waals surface area (Å²) in [6.07, 6.45) is -11.0. The number of nitrogens with zero attached hydrogens (tertiary/aromatic N) is 2. The standard InChI is InChI=1S/C27H30F6N2O4/c1-7-20-13-34(21-8-15(4)16(5)9-22(21)35(20)25(37)39-14(2)3)23(24(36)38-6)17-10-18(26(28,29)30)12-19(11-17)27(31,32)33/h8-12,14,20,23H,7,13H2,1-6H3/t20-,23+/m0/s1. The molecule has 6 nitrogen and oxygen atoms in total. The number of fused-ring (bicyclic) bond motifs is 1. The maximum Gasteiger partial charge on any atom is 0.416 e. The first-order valence-electron chi connectivity index (χ1n) is 12.2. The topological polar surface area (TPSA) is 59.1 Å². The van der Waals surface area contributed by atoms with Crippen molar-refractivity contribution in [3.05, 3.63) is 58.1 Å². The second-order valence-corrected chi connectivity index (χ2v) is 9.71. The van der Waals surface area contributed by atoms with Gasteiger partial charge in [0.1, 0.15) is 0 Å². The van der Waals surface area contributed by atoms with Crippen LogP contribution in [0.1, 0.15) is 61.1 Å². The molecule has 0 saturated heterocycles. The molecule has 0 saturated carbocycles. The fourth-order valence-electron chi connectivity index (χ4n) is 4.57. The smallest absolute Gasteiger partial charge is 0.416 e. The number of rotatable bonds is 5. The fourth-order valence-corrected chi connectivity index (χ4v) is 4.57. The number of hydrogen-bond donors (Lipinski definition) is 0. The van der Waals surface area contributed by atoms with Gasteiger partial charge in [0, 0.05) is 6.54 Å². The van der Waals surface area contributed by atoms with Gasteiger partial charge in [-0.05, 0) is 81.1 Å². The average molecular weight is 561 g/mol. The van der Waals surface area contributed by atoms with Gasteiger partial charge >= 0.3 is 24.4 Å². The van der Waals surface area contributed by atoms with Gasteiger partial charge in [-0.25, -0.2) is 9.59 Å². The van der Waals surface area contributed by atoms with Gasteiger partial charge in [0.15, 0.2) is 6.04 Å². The number of benzene rings is 2. The van der Waals surface area contributed by atoms with Crippen LogP contribution in [0, 0.1) is 13.8 Å².